The van der Waals surface area contributed by atoms with E-state index in [-0.39, 0.29) is 0 Å². The van der Waals surface area contributed by atoms with Gasteiger partial charge in [0.05, 0.1) is 0 Å². The highest BCUT2D eigenvalue weighted by atomic mass is 14.1. The molecule has 2 aliphatic rings. The molecule has 2 aromatic carbocycles. The van der Waals surface area contributed by atoms with Gasteiger partial charge in [-0.3, -0.25) is 0 Å². The maximum atomic E-state index is 2.39. The van der Waals surface area contributed by atoms with Crippen LogP contribution in [-0.4, -0.2) is 0 Å². The zero-order valence-electron chi connectivity index (χ0n) is 12.0. The van der Waals surface area contributed by atoms with Gasteiger partial charge in [0.1, 0.15) is 0 Å². The van der Waals surface area contributed by atoms with Gasteiger partial charge in [0.15, 0.2) is 0 Å². The Morgan fingerprint density at radius 1 is 0.900 bits per heavy atom. The number of hydrogen-bond donors (Lipinski definition) is 0. The third kappa shape index (κ3) is 1.68. The predicted octanol–water partition coefficient (Wildman–Crippen LogP) is 3.14. The highest BCUT2D eigenvalue weighted by Gasteiger charge is 2.10. The Labute approximate surface area is 119 Å². The van der Waals surface area contributed by atoms with Crippen molar-refractivity contribution in [1.29, 1.82) is 0 Å². The van der Waals surface area contributed by atoms with Gasteiger partial charge in [0.2, 0.25) is 0 Å². The van der Waals surface area contributed by atoms with Crippen molar-refractivity contribution in [2.24, 2.45) is 5.92 Å². The van der Waals surface area contributed by atoms with Crippen molar-refractivity contribution in [3.05, 3.63) is 74.0 Å². The molecule has 0 saturated heterocycles. The molecule has 20 heavy (non-hydrogen) atoms. The van der Waals surface area contributed by atoms with Crippen LogP contribution in [0.25, 0.3) is 18.2 Å². The van der Waals surface area contributed by atoms with E-state index in [2.05, 4.69) is 68.5 Å². The van der Waals surface area contributed by atoms with Gasteiger partial charge < -0.3 is 0 Å². The van der Waals surface area contributed by atoms with E-state index in [9.17, 15) is 0 Å². The summed E-state index contributed by atoms with van der Waals surface area (Å²) in [6, 6.07) is 13.4. The van der Waals surface area contributed by atoms with E-state index in [1.807, 2.05) is 0 Å². The SMILES string of the molecule is CC1=Cc2cccc3c2=c2c(cccc2=CC(C)C=3)C1. The smallest absolute Gasteiger partial charge is 0.00331 e. The Hall–Kier alpha value is -2.08. The lowest BCUT2D eigenvalue weighted by atomic mass is 10.0. The van der Waals surface area contributed by atoms with Crippen molar-refractivity contribution < 1.29 is 0 Å². The first-order valence-electron chi connectivity index (χ1n) is 7.34. The molecular weight excluding hydrogens is 240 g/mol. The van der Waals surface area contributed by atoms with Gasteiger partial charge in [0.25, 0.3) is 0 Å². The molecule has 0 amide bonds. The van der Waals surface area contributed by atoms with E-state index in [1.165, 1.54) is 37.6 Å². The number of benzene rings is 2. The Morgan fingerprint density at radius 2 is 1.60 bits per heavy atom. The minimum atomic E-state index is 0.477. The summed E-state index contributed by atoms with van der Waals surface area (Å²) < 4.78 is 0. The fourth-order valence-corrected chi connectivity index (χ4v) is 3.58. The quantitative estimate of drug-likeness (QED) is 0.681. The highest BCUT2D eigenvalue weighted by molar-refractivity contribution is 5.59. The summed E-state index contributed by atoms with van der Waals surface area (Å²) in [5.74, 6) is 0.477. The molecule has 0 aromatic heterocycles. The second-order valence-electron chi connectivity index (χ2n) is 6.05. The monoisotopic (exact) mass is 258 g/mol. The molecule has 2 aromatic rings. The fourth-order valence-electron chi connectivity index (χ4n) is 3.58. The normalized spacial score (nSPS) is 18.9. The summed E-state index contributed by atoms with van der Waals surface area (Å²) in [5.41, 5.74) is 4.26. The van der Waals surface area contributed by atoms with Crippen molar-refractivity contribution >= 4 is 18.2 Å². The molecule has 0 spiro atoms. The lowest BCUT2D eigenvalue weighted by Crippen LogP contribution is -2.10. The van der Waals surface area contributed by atoms with E-state index in [0.29, 0.717) is 5.92 Å². The third-order valence-electron chi connectivity index (χ3n) is 4.32. The van der Waals surface area contributed by atoms with Crippen LogP contribution < -0.4 is 10.4 Å². The zero-order chi connectivity index (χ0) is 13.7. The first kappa shape index (κ1) is 11.7. The standard InChI is InChI=1S/C20H18/c1-13-9-15-5-3-7-17-11-14(2)12-18-8-4-6-16(10-13)20(18)19(15)17/h3-11,13H,12H2,1-2H3. The van der Waals surface area contributed by atoms with Crippen molar-refractivity contribution in [2.75, 3.05) is 0 Å². The van der Waals surface area contributed by atoms with E-state index >= 15 is 0 Å². The summed E-state index contributed by atoms with van der Waals surface area (Å²) in [7, 11) is 0. The van der Waals surface area contributed by atoms with Crippen molar-refractivity contribution in [3.63, 3.8) is 0 Å². The third-order valence-corrected chi connectivity index (χ3v) is 4.32. The van der Waals surface area contributed by atoms with Crippen LogP contribution in [0.15, 0.2) is 42.0 Å². The van der Waals surface area contributed by atoms with Crippen molar-refractivity contribution in [1.82, 2.24) is 0 Å². The lowest BCUT2D eigenvalue weighted by molar-refractivity contribution is 1.05. The fraction of sp³-hybridized carbons (Fsp3) is 0.200. The first-order chi connectivity index (χ1) is 9.72. The molecule has 0 heteroatoms. The van der Waals surface area contributed by atoms with Crippen molar-refractivity contribution in [2.45, 2.75) is 20.3 Å². The molecular formula is C20H18. The van der Waals surface area contributed by atoms with Crippen LogP contribution in [0, 0.1) is 16.4 Å². The molecule has 2 aliphatic carbocycles. The van der Waals surface area contributed by atoms with Crippen LogP contribution in [0.5, 0.6) is 0 Å². The largest absolute Gasteiger partial charge is 0.0700 e. The molecule has 1 atom stereocenters. The van der Waals surface area contributed by atoms with Gasteiger partial charge >= 0.3 is 0 Å². The van der Waals surface area contributed by atoms with Crippen LogP contribution in [0.4, 0.5) is 0 Å². The first-order valence-corrected chi connectivity index (χ1v) is 7.34. The van der Waals surface area contributed by atoms with Crippen LogP contribution in [-0.2, 0) is 6.42 Å². The average Bonchev–Trinajstić information content (AvgIpc) is 2.64. The summed E-state index contributed by atoms with van der Waals surface area (Å²) in [4.78, 5) is 0. The second-order valence-corrected chi connectivity index (χ2v) is 6.05. The van der Waals surface area contributed by atoms with Crippen LogP contribution >= 0.6 is 0 Å². The van der Waals surface area contributed by atoms with Crippen LogP contribution in [0.3, 0.4) is 0 Å². The molecule has 0 N–H and O–H groups in total. The molecule has 98 valence electrons. The van der Waals surface area contributed by atoms with Crippen LogP contribution in [0.1, 0.15) is 25.0 Å². The Balaban J connectivity index is 2.43. The number of rotatable bonds is 0. The molecule has 0 bridgehead atoms. The number of allylic oxidation sites excluding steroid dienone is 1. The molecule has 4 rings (SSSR count). The van der Waals surface area contributed by atoms with Gasteiger partial charge in [-0.2, -0.15) is 0 Å². The Kier molecular flexibility index (Phi) is 2.47. The van der Waals surface area contributed by atoms with Gasteiger partial charge in [-0.15, -0.1) is 0 Å². The van der Waals surface area contributed by atoms with Gasteiger partial charge in [0, 0.05) is 0 Å². The zero-order valence-corrected chi connectivity index (χ0v) is 12.0. The molecule has 0 aliphatic heterocycles. The number of hydrogen-bond acceptors (Lipinski definition) is 0. The molecule has 0 saturated carbocycles. The van der Waals surface area contributed by atoms with Gasteiger partial charge in [-0.1, -0.05) is 67.1 Å². The topological polar surface area (TPSA) is 0 Å². The van der Waals surface area contributed by atoms with E-state index in [1.54, 1.807) is 0 Å². The summed E-state index contributed by atoms with van der Waals surface area (Å²) in [6.07, 6.45) is 8.19. The highest BCUT2D eigenvalue weighted by Crippen LogP contribution is 2.18. The summed E-state index contributed by atoms with van der Waals surface area (Å²) >= 11 is 0. The molecule has 0 heterocycles. The molecule has 0 nitrogen and oxygen atoms in total. The summed E-state index contributed by atoms with van der Waals surface area (Å²) in [6.45, 7) is 4.51. The minimum Gasteiger partial charge on any atom is -0.0700 e. The summed E-state index contributed by atoms with van der Waals surface area (Å²) in [5, 5.41) is 5.64. The molecule has 0 radical (unpaired) electrons. The van der Waals surface area contributed by atoms with Gasteiger partial charge in [-0.25, -0.2) is 0 Å². The second kappa shape index (κ2) is 4.21. The van der Waals surface area contributed by atoms with Crippen LogP contribution in [0.2, 0.25) is 0 Å². The predicted molar refractivity (Wildman–Crippen MR) is 85.3 cm³/mol. The average molecular weight is 258 g/mol. The lowest BCUT2D eigenvalue weighted by Gasteiger charge is -2.02. The molecule has 0 fully saturated rings. The van der Waals surface area contributed by atoms with E-state index < -0.39 is 0 Å². The minimum absolute atomic E-state index is 0.477. The molecule has 1 unspecified atom stereocenters. The Morgan fingerprint density at radius 3 is 2.40 bits per heavy atom. The van der Waals surface area contributed by atoms with Crippen molar-refractivity contribution in [3.8, 4) is 0 Å². The maximum absolute atomic E-state index is 2.39. The van der Waals surface area contributed by atoms with E-state index in [0.717, 1.165) is 6.42 Å². The Bertz CT molecular complexity index is 943. The maximum Gasteiger partial charge on any atom is -0.00331 e. The van der Waals surface area contributed by atoms with E-state index in [4.69, 9.17) is 0 Å². The van der Waals surface area contributed by atoms with Gasteiger partial charge in [-0.05, 0) is 51.3 Å².